The molecule has 0 fully saturated rings. The van der Waals surface area contributed by atoms with Crippen LogP contribution in [0.5, 0.6) is 17.2 Å². The number of para-hydroxylation sites is 1. The largest absolute Gasteiger partial charge is 0.493 e. The first-order valence-electron chi connectivity index (χ1n) is 9.77. The lowest BCUT2D eigenvalue weighted by Gasteiger charge is -2.21. The highest BCUT2D eigenvalue weighted by Crippen LogP contribution is 2.39. The van der Waals surface area contributed by atoms with Crippen LogP contribution < -0.4 is 19.1 Å². The Bertz CT molecular complexity index is 1220. The zero-order chi connectivity index (χ0) is 22.7. The van der Waals surface area contributed by atoms with Crippen LogP contribution in [0.15, 0.2) is 60.7 Å². The molecule has 0 aliphatic heterocycles. The Balaban J connectivity index is 1.76. The smallest absolute Gasteiger partial charge is 0.237 e. The van der Waals surface area contributed by atoms with Crippen molar-refractivity contribution in [3.63, 3.8) is 0 Å². The fourth-order valence-corrected chi connectivity index (χ4v) is 4.61. The zero-order valence-electron chi connectivity index (χ0n) is 17.8. The Morgan fingerprint density at radius 2 is 1.69 bits per heavy atom. The van der Waals surface area contributed by atoms with Crippen LogP contribution >= 0.6 is 22.9 Å². The first-order valence-corrected chi connectivity index (χ1v) is 11.0. The minimum absolute atomic E-state index is 0.0964. The Labute approximate surface area is 194 Å². The third-order valence-corrected chi connectivity index (χ3v) is 6.13. The fraction of sp³-hybridized carbons (Fsp3) is 0.167. The first-order chi connectivity index (χ1) is 15.5. The molecule has 0 aliphatic carbocycles. The summed E-state index contributed by atoms with van der Waals surface area (Å²) in [6.07, 6.45) is 0.0964. The van der Waals surface area contributed by atoms with Crippen LogP contribution in [0.1, 0.15) is 5.56 Å². The molecular formula is C24H21ClN2O4S. The number of amides is 1. The number of nitrogens with zero attached hydrogens (tertiary/aromatic N) is 2. The first kappa shape index (κ1) is 21.9. The summed E-state index contributed by atoms with van der Waals surface area (Å²) in [4.78, 5) is 19.9. The third-order valence-electron chi connectivity index (χ3n) is 4.87. The third kappa shape index (κ3) is 4.35. The Morgan fingerprint density at radius 1 is 0.969 bits per heavy atom. The Hall–Kier alpha value is -3.29. The van der Waals surface area contributed by atoms with E-state index in [9.17, 15) is 4.79 Å². The molecule has 8 heteroatoms. The Morgan fingerprint density at radius 3 is 2.31 bits per heavy atom. The minimum Gasteiger partial charge on any atom is -0.493 e. The number of ether oxygens (including phenoxy) is 3. The highest BCUT2D eigenvalue weighted by molar-refractivity contribution is 7.22. The van der Waals surface area contributed by atoms with Gasteiger partial charge in [0.05, 0.1) is 43.7 Å². The molecule has 0 aliphatic rings. The maximum absolute atomic E-state index is 13.6. The molecule has 0 N–H and O–H groups in total. The lowest BCUT2D eigenvalue weighted by molar-refractivity contribution is -0.117. The highest BCUT2D eigenvalue weighted by Gasteiger charge is 2.24. The number of hydrogen-bond donors (Lipinski definition) is 0. The molecule has 32 heavy (non-hydrogen) atoms. The van der Waals surface area contributed by atoms with E-state index in [0.717, 1.165) is 15.8 Å². The number of fused-ring (bicyclic) bond motifs is 1. The summed E-state index contributed by atoms with van der Waals surface area (Å²) in [7, 11) is 4.63. The maximum atomic E-state index is 13.6. The number of carbonyl (C=O) groups is 1. The van der Waals surface area contributed by atoms with E-state index in [0.29, 0.717) is 33.1 Å². The average Bonchev–Trinajstić information content (AvgIpc) is 3.22. The second-order valence-electron chi connectivity index (χ2n) is 6.88. The lowest BCUT2D eigenvalue weighted by atomic mass is 10.1. The molecule has 4 rings (SSSR count). The molecule has 0 unspecified atom stereocenters. The predicted octanol–water partition coefficient (Wildman–Crippen LogP) is 5.88. The molecule has 6 nitrogen and oxygen atoms in total. The number of benzene rings is 3. The van der Waals surface area contributed by atoms with Gasteiger partial charge >= 0.3 is 0 Å². The van der Waals surface area contributed by atoms with E-state index in [-0.39, 0.29) is 12.3 Å². The standard InChI is InChI=1S/C24H21ClN2O4S/c1-29-19-11-15(12-20(30-2)23(19)31-3)13-22(28)27(17-8-6-7-16(25)14-17)24-26-18-9-4-5-10-21(18)32-24/h4-12,14H,13H2,1-3H3. The van der Waals surface area contributed by atoms with Gasteiger partial charge in [-0.1, -0.05) is 41.1 Å². The second kappa shape index (κ2) is 9.46. The van der Waals surface area contributed by atoms with Crippen LogP contribution in [0.4, 0.5) is 10.8 Å². The van der Waals surface area contributed by atoms with E-state index in [1.54, 1.807) is 50.5 Å². The van der Waals surface area contributed by atoms with Gasteiger partial charge in [0.25, 0.3) is 0 Å². The molecule has 0 saturated carbocycles. The van der Waals surface area contributed by atoms with Gasteiger partial charge < -0.3 is 14.2 Å². The van der Waals surface area contributed by atoms with Crippen molar-refractivity contribution in [2.75, 3.05) is 26.2 Å². The minimum atomic E-state index is -0.166. The molecule has 0 atom stereocenters. The summed E-state index contributed by atoms with van der Waals surface area (Å²) < 4.78 is 17.2. The second-order valence-corrected chi connectivity index (χ2v) is 8.33. The summed E-state index contributed by atoms with van der Waals surface area (Å²) in [5.74, 6) is 1.29. The molecule has 4 aromatic rings. The number of hydrogen-bond acceptors (Lipinski definition) is 6. The Kier molecular flexibility index (Phi) is 6.48. The van der Waals surface area contributed by atoms with Crippen molar-refractivity contribution in [1.29, 1.82) is 0 Å². The van der Waals surface area contributed by atoms with Crippen molar-refractivity contribution in [1.82, 2.24) is 4.98 Å². The van der Waals surface area contributed by atoms with E-state index in [1.807, 2.05) is 36.4 Å². The van der Waals surface area contributed by atoms with Crippen molar-refractivity contribution in [3.8, 4) is 17.2 Å². The van der Waals surface area contributed by atoms with Gasteiger partial charge in [-0.25, -0.2) is 4.98 Å². The summed E-state index contributed by atoms with van der Waals surface area (Å²) in [5.41, 5.74) is 2.20. The number of carbonyl (C=O) groups excluding carboxylic acids is 1. The predicted molar refractivity (Wildman–Crippen MR) is 128 cm³/mol. The van der Waals surface area contributed by atoms with Crippen molar-refractivity contribution in [3.05, 3.63) is 71.2 Å². The molecule has 164 valence electrons. The number of aromatic nitrogens is 1. The van der Waals surface area contributed by atoms with Crippen LogP contribution in [0.2, 0.25) is 5.02 Å². The lowest BCUT2D eigenvalue weighted by Crippen LogP contribution is -2.27. The summed E-state index contributed by atoms with van der Waals surface area (Å²) in [5, 5.41) is 1.11. The van der Waals surface area contributed by atoms with Gasteiger partial charge in [-0.15, -0.1) is 0 Å². The van der Waals surface area contributed by atoms with Crippen LogP contribution in [0.25, 0.3) is 10.2 Å². The monoisotopic (exact) mass is 468 g/mol. The molecule has 0 bridgehead atoms. The SMILES string of the molecule is COc1cc(CC(=O)N(c2cccc(Cl)c2)c2nc3ccccc3s2)cc(OC)c1OC. The number of rotatable bonds is 7. The summed E-state index contributed by atoms with van der Waals surface area (Å²) >= 11 is 7.68. The van der Waals surface area contributed by atoms with Gasteiger partial charge in [-0.05, 0) is 48.0 Å². The van der Waals surface area contributed by atoms with E-state index in [1.165, 1.54) is 11.3 Å². The van der Waals surface area contributed by atoms with Gasteiger partial charge in [0.2, 0.25) is 11.7 Å². The molecule has 0 spiro atoms. The summed E-state index contributed by atoms with van der Waals surface area (Å²) in [6.45, 7) is 0. The fourth-order valence-electron chi connectivity index (χ4n) is 3.42. The molecule has 3 aromatic carbocycles. The van der Waals surface area contributed by atoms with Gasteiger partial charge in [0.1, 0.15) is 0 Å². The van der Waals surface area contributed by atoms with Gasteiger partial charge in [0.15, 0.2) is 16.6 Å². The number of thiazole rings is 1. The van der Waals surface area contributed by atoms with E-state index < -0.39 is 0 Å². The number of halogens is 1. The van der Waals surface area contributed by atoms with Crippen molar-refractivity contribution in [2.24, 2.45) is 0 Å². The topological polar surface area (TPSA) is 60.9 Å². The highest BCUT2D eigenvalue weighted by atomic mass is 35.5. The van der Waals surface area contributed by atoms with E-state index in [2.05, 4.69) is 4.98 Å². The van der Waals surface area contributed by atoms with Gasteiger partial charge in [-0.3, -0.25) is 9.69 Å². The molecular weight excluding hydrogens is 448 g/mol. The van der Waals surface area contributed by atoms with Crippen molar-refractivity contribution >= 4 is 49.9 Å². The summed E-state index contributed by atoms with van der Waals surface area (Å²) in [6, 6.07) is 18.5. The van der Waals surface area contributed by atoms with Crippen LogP contribution in [-0.2, 0) is 11.2 Å². The number of methoxy groups -OCH3 is 3. The molecule has 1 aromatic heterocycles. The van der Waals surface area contributed by atoms with Crippen molar-refractivity contribution in [2.45, 2.75) is 6.42 Å². The van der Waals surface area contributed by atoms with Crippen molar-refractivity contribution < 1.29 is 19.0 Å². The van der Waals surface area contributed by atoms with Crippen LogP contribution in [0.3, 0.4) is 0 Å². The van der Waals surface area contributed by atoms with Gasteiger partial charge in [0, 0.05) is 5.02 Å². The molecule has 0 saturated heterocycles. The number of anilines is 2. The molecule has 1 heterocycles. The quantitative estimate of drug-likeness (QED) is 0.339. The van der Waals surface area contributed by atoms with Crippen LogP contribution in [0, 0.1) is 0 Å². The normalized spacial score (nSPS) is 10.8. The zero-order valence-corrected chi connectivity index (χ0v) is 19.4. The van der Waals surface area contributed by atoms with Crippen LogP contribution in [-0.4, -0.2) is 32.2 Å². The van der Waals surface area contributed by atoms with E-state index in [4.69, 9.17) is 25.8 Å². The average molecular weight is 469 g/mol. The molecule has 0 radical (unpaired) electrons. The molecule has 1 amide bonds. The van der Waals surface area contributed by atoms with E-state index >= 15 is 0 Å². The maximum Gasteiger partial charge on any atom is 0.237 e. The van der Waals surface area contributed by atoms with Gasteiger partial charge in [-0.2, -0.15) is 0 Å².